The predicted molar refractivity (Wildman–Crippen MR) is 51.5 cm³/mol. The second kappa shape index (κ2) is 5.75. The van der Waals surface area contributed by atoms with Gasteiger partial charge in [-0.2, -0.15) is 0 Å². The fourth-order valence-electron chi connectivity index (χ4n) is 1.40. The number of hydrogen-bond donors (Lipinski definition) is 2. The Morgan fingerprint density at radius 2 is 1.92 bits per heavy atom. The second-order valence-electron chi connectivity index (χ2n) is 3.48. The number of aliphatic hydroxyl groups excluding tert-OH is 1. The fraction of sp³-hybridized carbons (Fsp3) is 0.700. The van der Waals surface area contributed by atoms with Gasteiger partial charge in [0.15, 0.2) is 0 Å². The number of aliphatic carboxylic acids is 1. The lowest BCUT2D eigenvalue weighted by atomic mass is 9.96. The topological polar surface area (TPSA) is 57.5 Å². The van der Waals surface area contributed by atoms with E-state index in [-0.39, 0.29) is 12.5 Å². The van der Waals surface area contributed by atoms with E-state index in [4.69, 9.17) is 10.2 Å². The van der Waals surface area contributed by atoms with Crippen molar-refractivity contribution in [1.29, 1.82) is 0 Å². The van der Waals surface area contributed by atoms with Crippen LogP contribution < -0.4 is 0 Å². The Bertz CT molecular complexity index is 204. The van der Waals surface area contributed by atoms with Crippen molar-refractivity contribution in [3.8, 4) is 0 Å². The van der Waals surface area contributed by atoms with Crippen LogP contribution in [-0.2, 0) is 4.79 Å². The van der Waals surface area contributed by atoms with Crippen molar-refractivity contribution in [3.63, 3.8) is 0 Å². The molecule has 13 heavy (non-hydrogen) atoms. The van der Waals surface area contributed by atoms with Gasteiger partial charge in [0.1, 0.15) is 0 Å². The van der Waals surface area contributed by atoms with Gasteiger partial charge in [-0.1, -0.05) is 19.4 Å². The Hall–Kier alpha value is -0.830. The summed E-state index contributed by atoms with van der Waals surface area (Å²) in [4.78, 5) is 10.8. The molecule has 0 aromatic rings. The zero-order chi connectivity index (χ0) is 10.4. The average molecular weight is 186 g/mol. The van der Waals surface area contributed by atoms with Crippen LogP contribution in [0.2, 0.25) is 0 Å². The Morgan fingerprint density at radius 1 is 1.38 bits per heavy atom. The van der Waals surface area contributed by atoms with Gasteiger partial charge in [-0.05, 0) is 25.7 Å². The van der Waals surface area contributed by atoms with Crippen LogP contribution in [0.15, 0.2) is 11.1 Å². The summed E-state index contributed by atoms with van der Waals surface area (Å²) in [5, 5.41) is 17.5. The van der Waals surface area contributed by atoms with Crippen molar-refractivity contribution < 1.29 is 15.0 Å². The largest absolute Gasteiger partial charge is 0.478 e. The number of carbonyl (C=O) groups is 1. The third kappa shape index (κ3) is 4.08. The molecule has 0 fully saturated rings. The van der Waals surface area contributed by atoms with Crippen LogP contribution in [-0.4, -0.2) is 22.8 Å². The zero-order valence-electron chi connectivity index (χ0n) is 8.50. The molecule has 0 aliphatic heterocycles. The van der Waals surface area contributed by atoms with Crippen LogP contribution in [0.4, 0.5) is 0 Å². The van der Waals surface area contributed by atoms with Crippen LogP contribution in [0.3, 0.4) is 0 Å². The minimum absolute atomic E-state index is 0.0381. The average Bonchev–Trinajstić information content (AvgIpc) is 1.99. The summed E-state index contributed by atoms with van der Waals surface area (Å²) < 4.78 is 0. The van der Waals surface area contributed by atoms with E-state index in [0.717, 1.165) is 5.57 Å². The number of rotatable bonds is 5. The molecule has 0 aromatic heterocycles. The van der Waals surface area contributed by atoms with Gasteiger partial charge in [-0.15, -0.1) is 0 Å². The quantitative estimate of drug-likeness (QED) is 0.644. The Kier molecular flexibility index (Phi) is 5.39. The van der Waals surface area contributed by atoms with Gasteiger partial charge in [-0.3, -0.25) is 0 Å². The summed E-state index contributed by atoms with van der Waals surface area (Å²) in [5.74, 6) is -0.804. The van der Waals surface area contributed by atoms with Crippen molar-refractivity contribution in [2.45, 2.75) is 33.6 Å². The van der Waals surface area contributed by atoms with E-state index in [1.807, 2.05) is 20.8 Å². The molecule has 0 aliphatic rings. The molecule has 0 rings (SSSR count). The molecule has 0 saturated heterocycles. The summed E-state index contributed by atoms with van der Waals surface area (Å²) in [6, 6.07) is 0. The lowest BCUT2D eigenvalue weighted by Gasteiger charge is -2.10. The molecule has 0 aliphatic carbocycles. The summed E-state index contributed by atoms with van der Waals surface area (Å²) >= 11 is 0. The maximum atomic E-state index is 10.8. The first-order valence-electron chi connectivity index (χ1n) is 4.54. The molecule has 0 unspecified atom stereocenters. The number of hydrogen-bond acceptors (Lipinski definition) is 2. The van der Waals surface area contributed by atoms with E-state index >= 15 is 0 Å². The fourth-order valence-corrected chi connectivity index (χ4v) is 1.40. The summed E-state index contributed by atoms with van der Waals surface area (Å²) in [6.45, 7) is 5.67. The van der Waals surface area contributed by atoms with E-state index in [1.165, 1.54) is 0 Å². The first-order chi connectivity index (χ1) is 6.00. The van der Waals surface area contributed by atoms with Crippen molar-refractivity contribution in [2.24, 2.45) is 5.92 Å². The Morgan fingerprint density at radius 3 is 2.23 bits per heavy atom. The smallest absolute Gasteiger partial charge is 0.331 e. The van der Waals surface area contributed by atoms with Gasteiger partial charge in [0.05, 0.1) is 0 Å². The van der Waals surface area contributed by atoms with Gasteiger partial charge < -0.3 is 10.2 Å². The highest BCUT2D eigenvalue weighted by molar-refractivity contribution is 5.87. The maximum absolute atomic E-state index is 10.8. The highest BCUT2D eigenvalue weighted by Crippen LogP contribution is 2.18. The number of carboxylic acid groups (broad SMARTS) is 1. The van der Waals surface area contributed by atoms with E-state index < -0.39 is 5.97 Å². The molecule has 0 atom stereocenters. The minimum atomic E-state index is -0.842. The summed E-state index contributed by atoms with van der Waals surface area (Å²) in [7, 11) is 0. The maximum Gasteiger partial charge on any atom is 0.331 e. The lowest BCUT2D eigenvalue weighted by molar-refractivity contribution is -0.133. The summed E-state index contributed by atoms with van der Waals surface area (Å²) in [6.07, 6.45) is 1.30. The molecule has 3 nitrogen and oxygen atoms in total. The normalized spacial score (nSPS) is 13.0. The molecule has 0 amide bonds. The van der Waals surface area contributed by atoms with E-state index in [9.17, 15) is 4.79 Å². The van der Waals surface area contributed by atoms with Crippen LogP contribution in [0.5, 0.6) is 0 Å². The molecule has 0 aromatic carbocycles. The zero-order valence-corrected chi connectivity index (χ0v) is 8.50. The first-order valence-corrected chi connectivity index (χ1v) is 4.54. The molecule has 0 heterocycles. The van der Waals surface area contributed by atoms with Crippen LogP contribution in [0, 0.1) is 5.92 Å². The van der Waals surface area contributed by atoms with Gasteiger partial charge in [-0.25, -0.2) is 4.79 Å². The number of aliphatic hydroxyl groups is 1. The van der Waals surface area contributed by atoms with Crippen LogP contribution >= 0.6 is 0 Å². The number of allylic oxidation sites excluding steroid dienone is 1. The molecular formula is C10H18O3. The van der Waals surface area contributed by atoms with E-state index in [0.29, 0.717) is 18.4 Å². The van der Waals surface area contributed by atoms with Gasteiger partial charge in [0.25, 0.3) is 0 Å². The van der Waals surface area contributed by atoms with Crippen LogP contribution in [0.1, 0.15) is 33.6 Å². The van der Waals surface area contributed by atoms with E-state index in [2.05, 4.69) is 0 Å². The predicted octanol–water partition coefficient (Wildman–Crippen LogP) is 1.82. The van der Waals surface area contributed by atoms with Crippen molar-refractivity contribution >= 4 is 5.97 Å². The third-order valence-corrected chi connectivity index (χ3v) is 1.98. The Labute approximate surface area is 79.1 Å². The SMILES string of the molecule is CC(CCCO)=C(C(=O)O)C(C)C. The van der Waals surface area contributed by atoms with Crippen LogP contribution in [0.25, 0.3) is 0 Å². The Balaban J connectivity index is 4.55. The number of carboxylic acids is 1. The molecule has 0 radical (unpaired) electrons. The highest BCUT2D eigenvalue weighted by Gasteiger charge is 2.14. The van der Waals surface area contributed by atoms with E-state index in [1.54, 1.807) is 0 Å². The molecule has 0 saturated carbocycles. The van der Waals surface area contributed by atoms with Gasteiger partial charge in [0.2, 0.25) is 0 Å². The first kappa shape index (κ1) is 12.2. The minimum Gasteiger partial charge on any atom is -0.478 e. The van der Waals surface area contributed by atoms with Gasteiger partial charge >= 0.3 is 5.97 Å². The monoisotopic (exact) mass is 186 g/mol. The third-order valence-electron chi connectivity index (χ3n) is 1.98. The molecule has 2 N–H and O–H groups in total. The lowest BCUT2D eigenvalue weighted by Crippen LogP contribution is -2.09. The molecule has 76 valence electrons. The second-order valence-corrected chi connectivity index (χ2v) is 3.48. The molecule has 3 heteroatoms. The van der Waals surface area contributed by atoms with Crippen molar-refractivity contribution in [3.05, 3.63) is 11.1 Å². The van der Waals surface area contributed by atoms with Crippen molar-refractivity contribution in [1.82, 2.24) is 0 Å². The van der Waals surface area contributed by atoms with Gasteiger partial charge in [0, 0.05) is 12.2 Å². The highest BCUT2D eigenvalue weighted by atomic mass is 16.4. The standard InChI is InChI=1S/C10H18O3/c1-7(2)9(10(12)13)8(3)5-4-6-11/h7,11H,4-6H2,1-3H3,(H,12,13). The van der Waals surface area contributed by atoms with Crippen molar-refractivity contribution in [2.75, 3.05) is 6.61 Å². The summed E-state index contributed by atoms with van der Waals surface area (Å²) in [5.41, 5.74) is 1.35. The molecular weight excluding hydrogens is 168 g/mol. The molecule has 0 spiro atoms. The molecule has 0 bridgehead atoms.